The third-order valence-electron chi connectivity index (χ3n) is 11.1. The van der Waals surface area contributed by atoms with Crippen molar-refractivity contribution < 1.29 is 0 Å². The van der Waals surface area contributed by atoms with Crippen molar-refractivity contribution in [2.24, 2.45) is 0 Å². The average molecular weight is 663 g/mol. The molecular formula is C49H42S. The maximum Gasteiger partial charge on any atom is 0.0713 e. The molecule has 1 aliphatic carbocycles. The van der Waals surface area contributed by atoms with Gasteiger partial charge < -0.3 is 0 Å². The molecule has 0 aromatic heterocycles. The Kier molecular flexibility index (Phi) is 6.90. The monoisotopic (exact) mass is 662 g/mol. The van der Waals surface area contributed by atoms with Crippen LogP contribution in [-0.4, -0.2) is 0 Å². The normalized spacial score (nSPS) is 14.3. The molecule has 0 saturated carbocycles. The smallest absolute Gasteiger partial charge is 0.0713 e. The van der Waals surface area contributed by atoms with Crippen molar-refractivity contribution in [2.45, 2.75) is 67.6 Å². The maximum absolute atomic E-state index is 2.51. The molecular weight excluding hydrogens is 621 g/mol. The number of benzene rings is 7. The first kappa shape index (κ1) is 31.2. The van der Waals surface area contributed by atoms with Crippen LogP contribution in [0.5, 0.6) is 0 Å². The van der Waals surface area contributed by atoms with Crippen LogP contribution in [0.4, 0.5) is 0 Å². The predicted octanol–water partition coefficient (Wildman–Crippen LogP) is 13.6. The Morgan fingerprint density at radius 1 is 0.420 bits per heavy atom. The summed E-state index contributed by atoms with van der Waals surface area (Å²) < 4.78 is 0. The molecule has 0 fully saturated rings. The molecule has 1 heterocycles. The quantitative estimate of drug-likeness (QED) is 0.181. The molecule has 0 atom stereocenters. The van der Waals surface area contributed by atoms with Gasteiger partial charge in [-0.1, -0.05) is 181 Å². The highest BCUT2D eigenvalue weighted by atomic mass is 32.2. The minimum absolute atomic E-state index is 0.0756. The van der Waals surface area contributed by atoms with Gasteiger partial charge in [0.25, 0.3) is 0 Å². The Labute approximate surface area is 301 Å². The minimum atomic E-state index is -0.462. The molecule has 0 N–H and O–H groups in total. The lowest BCUT2D eigenvalue weighted by Crippen LogP contribution is -2.29. The number of fused-ring (bicyclic) bond motifs is 5. The second-order valence-electron chi connectivity index (χ2n) is 16.1. The van der Waals surface area contributed by atoms with Crippen LogP contribution < -0.4 is 0 Å². The molecule has 0 amide bonds. The fourth-order valence-electron chi connectivity index (χ4n) is 8.51. The van der Waals surface area contributed by atoms with E-state index in [0.717, 1.165) is 0 Å². The molecule has 1 heteroatoms. The van der Waals surface area contributed by atoms with Crippen molar-refractivity contribution in [3.63, 3.8) is 0 Å². The van der Waals surface area contributed by atoms with E-state index in [1.165, 1.54) is 87.3 Å². The van der Waals surface area contributed by atoms with Gasteiger partial charge in [0.05, 0.1) is 5.41 Å². The van der Waals surface area contributed by atoms with Crippen molar-refractivity contribution in [1.29, 1.82) is 0 Å². The zero-order valence-electron chi connectivity index (χ0n) is 29.8. The van der Waals surface area contributed by atoms with E-state index < -0.39 is 5.41 Å². The summed E-state index contributed by atoms with van der Waals surface area (Å²) >= 11 is 1.89. The Hall–Kier alpha value is -4.85. The highest BCUT2D eigenvalue weighted by molar-refractivity contribution is 7.99. The number of hydrogen-bond acceptors (Lipinski definition) is 1. The van der Waals surface area contributed by atoms with E-state index in [2.05, 4.69) is 187 Å². The van der Waals surface area contributed by atoms with Crippen molar-refractivity contribution in [2.75, 3.05) is 0 Å². The van der Waals surface area contributed by atoms with E-state index in [4.69, 9.17) is 0 Å². The highest BCUT2D eigenvalue weighted by Gasteiger charge is 2.46. The molecule has 9 rings (SSSR count). The molecule has 2 aliphatic rings. The van der Waals surface area contributed by atoms with Gasteiger partial charge in [-0.2, -0.15) is 0 Å². The zero-order valence-corrected chi connectivity index (χ0v) is 30.6. The molecule has 244 valence electrons. The third kappa shape index (κ3) is 4.60. The molecule has 0 radical (unpaired) electrons. The minimum Gasteiger partial charge on any atom is -0.0888 e. The first-order valence-corrected chi connectivity index (χ1v) is 18.7. The van der Waals surface area contributed by atoms with Crippen molar-refractivity contribution in [1.82, 2.24) is 0 Å². The van der Waals surface area contributed by atoms with Gasteiger partial charge in [0.1, 0.15) is 0 Å². The van der Waals surface area contributed by atoms with E-state index in [-0.39, 0.29) is 10.8 Å². The molecule has 1 aliphatic heterocycles. The highest BCUT2D eigenvalue weighted by Crippen LogP contribution is 2.57. The molecule has 50 heavy (non-hydrogen) atoms. The van der Waals surface area contributed by atoms with E-state index in [0.29, 0.717) is 0 Å². The molecule has 7 aromatic rings. The lowest BCUT2D eigenvalue weighted by atomic mass is 9.66. The summed E-state index contributed by atoms with van der Waals surface area (Å²) in [6.45, 7) is 13.8. The number of rotatable bonds is 3. The maximum atomic E-state index is 2.51. The zero-order chi connectivity index (χ0) is 34.4. The largest absolute Gasteiger partial charge is 0.0888 e. The summed E-state index contributed by atoms with van der Waals surface area (Å²) in [6, 6.07) is 55.7. The summed E-state index contributed by atoms with van der Waals surface area (Å²) in [5.41, 5.74) is 15.5. The Morgan fingerprint density at radius 3 is 1.64 bits per heavy atom. The summed E-state index contributed by atoms with van der Waals surface area (Å²) in [6.07, 6.45) is 0. The van der Waals surface area contributed by atoms with Gasteiger partial charge in [-0.25, -0.2) is 0 Å². The van der Waals surface area contributed by atoms with E-state index in [1.807, 2.05) is 11.8 Å². The van der Waals surface area contributed by atoms with Gasteiger partial charge in [-0.05, 0) is 101 Å². The molecule has 0 unspecified atom stereocenters. The summed E-state index contributed by atoms with van der Waals surface area (Å²) in [4.78, 5) is 2.66. The lowest BCUT2D eigenvalue weighted by Gasteiger charge is -2.35. The summed E-state index contributed by atoms with van der Waals surface area (Å²) in [5, 5.41) is 2.67. The van der Waals surface area contributed by atoms with Crippen LogP contribution in [0.1, 0.15) is 74.9 Å². The van der Waals surface area contributed by atoms with Crippen molar-refractivity contribution >= 4 is 22.5 Å². The molecule has 0 bridgehead atoms. The first-order valence-electron chi connectivity index (χ1n) is 17.8. The van der Waals surface area contributed by atoms with Crippen LogP contribution in [0.25, 0.3) is 44.2 Å². The summed E-state index contributed by atoms with van der Waals surface area (Å²) in [5.74, 6) is 0. The molecule has 7 aromatic carbocycles. The third-order valence-corrected chi connectivity index (χ3v) is 12.3. The van der Waals surface area contributed by atoms with Crippen LogP contribution in [0.3, 0.4) is 0 Å². The SMILES string of the molecule is CC(C)(C)c1ccc(C2(c3ccc(C(C)(C)C)cc3)c3ccccc3-c3ccc(-c4ccc5c6c(cccc46)-c4ccccc4S5)cc32)cc1. The fraction of sp³-hybridized carbons (Fsp3) is 0.184. The molecule has 0 spiro atoms. The molecule has 0 nitrogen and oxygen atoms in total. The first-order chi connectivity index (χ1) is 24.0. The van der Waals surface area contributed by atoms with Gasteiger partial charge in [-0.3, -0.25) is 0 Å². The van der Waals surface area contributed by atoms with Gasteiger partial charge in [0.2, 0.25) is 0 Å². The van der Waals surface area contributed by atoms with Crippen LogP contribution in [0.2, 0.25) is 0 Å². The summed E-state index contributed by atoms with van der Waals surface area (Å²) in [7, 11) is 0. The fourth-order valence-corrected chi connectivity index (χ4v) is 9.64. The molecule has 0 saturated heterocycles. The van der Waals surface area contributed by atoms with Gasteiger partial charge in [0.15, 0.2) is 0 Å². The Balaban J connectivity index is 1.32. The Bertz CT molecular complexity index is 2390. The van der Waals surface area contributed by atoms with Gasteiger partial charge >= 0.3 is 0 Å². The van der Waals surface area contributed by atoms with Crippen LogP contribution in [0, 0.1) is 0 Å². The van der Waals surface area contributed by atoms with E-state index in [9.17, 15) is 0 Å². The second-order valence-corrected chi connectivity index (χ2v) is 17.2. The number of hydrogen-bond donors (Lipinski definition) is 0. The van der Waals surface area contributed by atoms with Gasteiger partial charge in [-0.15, -0.1) is 0 Å². The average Bonchev–Trinajstić information content (AvgIpc) is 3.42. The van der Waals surface area contributed by atoms with E-state index in [1.54, 1.807) is 0 Å². The predicted molar refractivity (Wildman–Crippen MR) is 214 cm³/mol. The van der Waals surface area contributed by atoms with Crippen LogP contribution in [-0.2, 0) is 16.2 Å². The lowest BCUT2D eigenvalue weighted by molar-refractivity contribution is 0.588. The van der Waals surface area contributed by atoms with Crippen LogP contribution >= 0.6 is 11.8 Å². The van der Waals surface area contributed by atoms with Gasteiger partial charge in [0, 0.05) is 15.2 Å². The van der Waals surface area contributed by atoms with E-state index >= 15 is 0 Å². The van der Waals surface area contributed by atoms with Crippen molar-refractivity contribution in [3.8, 4) is 33.4 Å². The topological polar surface area (TPSA) is 0 Å². The second kappa shape index (κ2) is 11.1. The Morgan fingerprint density at radius 2 is 0.980 bits per heavy atom. The van der Waals surface area contributed by atoms with Crippen molar-refractivity contribution in [3.05, 3.63) is 179 Å². The van der Waals surface area contributed by atoms with Crippen LogP contribution in [0.15, 0.2) is 155 Å². The standard InChI is InChI=1S/C49H42S/c1-47(2,3)32-19-23-34(24-20-32)49(35-25-21-33(22-26-35)48(4,5)6)42-16-9-7-12-37(42)38-27-18-31(30-43(38)49)36-28-29-45-46-40(36)14-11-15-41(46)39-13-8-10-17-44(39)50-45/h7-30H,1-6H3.